The van der Waals surface area contributed by atoms with E-state index >= 15 is 0 Å². The molecule has 0 N–H and O–H groups in total. The number of hydrogen-bond acceptors (Lipinski definition) is 3. The summed E-state index contributed by atoms with van der Waals surface area (Å²) in [5, 5.41) is 8.76. The molecule has 0 fully saturated rings. The van der Waals surface area contributed by atoms with Gasteiger partial charge in [-0.25, -0.2) is 0 Å². The largest absolute Gasteiger partial charge is 0.298 e. The molecule has 0 saturated heterocycles. The number of nitriles is 1. The van der Waals surface area contributed by atoms with Gasteiger partial charge in [0, 0.05) is 14.7 Å². The van der Waals surface area contributed by atoms with E-state index in [4.69, 9.17) is 5.26 Å². The lowest BCUT2D eigenvalue weighted by atomic mass is 10.0. The van der Waals surface area contributed by atoms with Crippen LogP contribution in [0.3, 0.4) is 0 Å². The highest BCUT2D eigenvalue weighted by Gasteiger charge is 2.10. The fourth-order valence-electron chi connectivity index (χ4n) is 1.03. The van der Waals surface area contributed by atoms with Gasteiger partial charge in [0.15, 0.2) is 12.1 Å². The van der Waals surface area contributed by atoms with Gasteiger partial charge in [-0.05, 0) is 41.6 Å². The second-order valence-electron chi connectivity index (χ2n) is 2.71. The number of halogens is 1. The maximum Gasteiger partial charge on any atom is 0.159 e. The van der Waals surface area contributed by atoms with Gasteiger partial charge in [0.2, 0.25) is 0 Å². The minimum Gasteiger partial charge on any atom is -0.298 e. The van der Waals surface area contributed by atoms with E-state index in [1.54, 1.807) is 6.07 Å². The summed E-state index contributed by atoms with van der Waals surface area (Å²) in [5.41, 5.74) is 1.05. The van der Waals surface area contributed by atoms with Crippen LogP contribution in [0.1, 0.15) is 33.2 Å². The lowest BCUT2D eigenvalue weighted by molar-refractivity contribution is 0.101. The first-order valence-electron chi connectivity index (χ1n) is 3.80. The van der Waals surface area contributed by atoms with Crippen LogP contribution in [-0.2, 0) is 0 Å². The number of rotatable bonds is 2. The fourth-order valence-corrected chi connectivity index (χ4v) is 1.79. The van der Waals surface area contributed by atoms with Gasteiger partial charge in [0.25, 0.3) is 0 Å². The van der Waals surface area contributed by atoms with E-state index < -0.39 is 0 Å². The van der Waals surface area contributed by atoms with Crippen molar-refractivity contribution in [2.45, 2.75) is 6.92 Å². The first kappa shape index (κ1) is 10.9. The predicted octanol–water partition coefficient (Wildman–Crippen LogP) is 2.18. The van der Waals surface area contributed by atoms with Gasteiger partial charge in [-0.15, -0.1) is 0 Å². The summed E-state index contributed by atoms with van der Waals surface area (Å²) in [6.45, 7) is 1.42. The number of carbonyl (C=O) groups excluding carboxylic acids is 2. The predicted molar refractivity (Wildman–Crippen MR) is 59.3 cm³/mol. The monoisotopic (exact) mass is 299 g/mol. The Balaban J connectivity index is 3.48. The summed E-state index contributed by atoms with van der Waals surface area (Å²) in [6, 6.07) is 4.94. The third-order valence-electron chi connectivity index (χ3n) is 1.77. The van der Waals surface area contributed by atoms with Crippen LogP contribution in [0.4, 0.5) is 0 Å². The molecule has 0 heterocycles. The molecule has 0 aliphatic carbocycles. The topological polar surface area (TPSA) is 57.9 Å². The van der Waals surface area contributed by atoms with Crippen molar-refractivity contribution in [3.8, 4) is 6.07 Å². The molecule has 0 spiro atoms. The Hall–Kier alpha value is -1.22. The molecule has 0 bridgehead atoms. The molecule has 0 saturated carbocycles. The Labute approximate surface area is 94.9 Å². The highest BCUT2D eigenvalue weighted by atomic mass is 127. The van der Waals surface area contributed by atoms with Gasteiger partial charge in [0.1, 0.15) is 0 Å². The third kappa shape index (κ3) is 1.99. The molecule has 0 amide bonds. The van der Waals surface area contributed by atoms with Crippen LogP contribution in [0, 0.1) is 14.9 Å². The number of aldehydes is 1. The van der Waals surface area contributed by atoms with Crippen molar-refractivity contribution in [3.63, 3.8) is 0 Å². The molecule has 0 aliphatic rings. The smallest absolute Gasteiger partial charge is 0.159 e. The van der Waals surface area contributed by atoms with Gasteiger partial charge in [-0.3, -0.25) is 9.59 Å². The summed E-state index contributed by atoms with van der Waals surface area (Å²) in [7, 11) is 0. The highest BCUT2D eigenvalue weighted by molar-refractivity contribution is 14.1. The van der Waals surface area contributed by atoms with Gasteiger partial charge in [-0.1, -0.05) is 0 Å². The van der Waals surface area contributed by atoms with Gasteiger partial charge < -0.3 is 0 Å². The van der Waals surface area contributed by atoms with Crippen molar-refractivity contribution in [1.29, 1.82) is 5.26 Å². The Morgan fingerprint density at radius 1 is 1.57 bits per heavy atom. The minimum atomic E-state index is -0.114. The molecule has 0 aromatic heterocycles. The zero-order chi connectivity index (χ0) is 10.7. The van der Waals surface area contributed by atoms with Crippen LogP contribution in [0.25, 0.3) is 0 Å². The summed E-state index contributed by atoms with van der Waals surface area (Å²) < 4.78 is 0.627. The zero-order valence-corrected chi connectivity index (χ0v) is 9.53. The summed E-state index contributed by atoms with van der Waals surface area (Å²) >= 11 is 1.93. The molecule has 0 aliphatic heterocycles. The third-order valence-corrected chi connectivity index (χ3v) is 2.67. The molecule has 1 rings (SSSR count). The molecule has 0 atom stereocenters. The molecular weight excluding hydrogens is 293 g/mol. The van der Waals surface area contributed by atoms with E-state index in [-0.39, 0.29) is 11.3 Å². The van der Waals surface area contributed by atoms with Crippen LogP contribution < -0.4 is 0 Å². The minimum absolute atomic E-state index is 0.114. The maximum atomic E-state index is 11.1. The Kier molecular flexibility index (Phi) is 3.36. The molecule has 70 valence electrons. The van der Waals surface area contributed by atoms with Crippen molar-refractivity contribution < 1.29 is 9.59 Å². The lowest BCUT2D eigenvalue weighted by Gasteiger charge is -2.02. The molecule has 1 aromatic rings. The van der Waals surface area contributed by atoms with Crippen molar-refractivity contribution in [1.82, 2.24) is 0 Å². The second kappa shape index (κ2) is 4.33. The van der Waals surface area contributed by atoms with E-state index in [9.17, 15) is 9.59 Å². The van der Waals surface area contributed by atoms with Gasteiger partial charge >= 0.3 is 0 Å². The molecule has 3 nitrogen and oxygen atoms in total. The van der Waals surface area contributed by atoms with Crippen molar-refractivity contribution >= 4 is 34.7 Å². The number of nitrogens with zero attached hydrogens (tertiary/aromatic N) is 1. The first-order valence-corrected chi connectivity index (χ1v) is 4.87. The zero-order valence-electron chi connectivity index (χ0n) is 7.37. The molecular formula is C10H6INO2. The number of benzene rings is 1. The maximum absolute atomic E-state index is 11.1. The molecule has 14 heavy (non-hydrogen) atoms. The quantitative estimate of drug-likeness (QED) is 0.478. The molecule has 0 unspecified atom stereocenters. The molecule has 1 aromatic carbocycles. The summed E-state index contributed by atoms with van der Waals surface area (Å²) in [4.78, 5) is 21.7. The second-order valence-corrected chi connectivity index (χ2v) is 3.87. The standard InChI is InChI=1S/C10H6INO2/c1-6(14)7-2-8(4-12)9(5-13)10(11)3-7/h2-3,5H,1H3. The highest BCUT2D eigenvalue weighted by Crippen LogP contribution is 2.18. The van der Waals surface area contributed by atoms with Crippen molar-refractivity contribution in [2.75, 3.05) is 0 Å². The summed E-state index contributed by atoms with van der Waals surface area (Å²) in [5.74, 6) is -0.114. The Morgan fingerprint density at radius 2 is 2.21 bits per heavy atom. The number of Topliss-reactive ketones (excluding diaryl/α,β-unsaturated/α-hetero) is 1. The fraction of sp³-hybridized carbons (Fsp3) is 0.100. The average Bonchev–Trinajstić information content (AvgIpc) is 2.16. The van der Waals surface area contributed by atoms with E-state index in [0.717, 1.165) is 0 Å². The van der Waals surface area contributed by atoms with Crippen LogP contribution in [-0.4, -0.2) is 12.1 Å². The molecule has 0 radical (unpaired) electrons. The van der Waals surface area contributed by atoms with Crippen molar-refractivity contribution in [2.24, 2.45) is 0 Å². The average molecular weight is 299 g/mol. The lowest BCUT2D eigenvalue weighted by Crippen LogP contribution is -1.99. The number of hydrogen-bond donors (Lipinski definition) is 0. The SMILES string of the molecule is CC(=O)c1cc(I)c(C=O)c(C#N)c1. The number of carbonyl (C=O) groups is 2. The van der Waals surface area contributed by atoms with Crippen LogP contribution in [0.5, 0.6) is 0 Å². The first-order chi connectivity index (χ1) is 6.60. The van der Waals surface area contributed by atoms with Gasteiger partial charge in [-0.2, -0.15) is 5.26 Å². The van der Waals surface area contributed by atoms with Crippen LogP contribution in [0.15, 0.2) is 12.1 Å². The van der Waals surface area contributed by atoms with Crippen molar-refractivity contribution in [3.05, 3.63) is 32.4 Å². The Morgan fingerprint density at radius 3 is 2.64 bits per heavy atom. The van der Waals surface area contributed by atoms with Gasteiger partial charge in [0.05, 0.1) is 11.6 Å². The Bertz CT molecular complexity index is 446. The van der Waals surface area contributed by atoms with Crippen LogP contribution >= 0.6 is 22.6 Å². The van der Waals surface area contributed by atoms with E-state index in [1.807, 2.05) is 28.7 Å². The van der Waals surface area contributed by atoms with Crippen LogP contribution in [0.2, 0.25) is 0 Å². The molecule has 4 heteroatoms. The van der Waals surface area contributed by atoms with E-state index in [0.29, 0.717) is 21.0 Å². The summed E-state index contributed by atoms with van der Waals surface area (Å²) in [6.07, 6.45) is 0.629. The normalized spacial score (nSPS) is 9.21. The van der Waals surface area contributed by atoms with E-state index in [1.165, 1.54) is 13.0 Å². The number of ketones is 1. The van der Waals surface area contributed by atoms with E-state index in [2.05, 4.69) is 0 Å².